The lowest BCUT2D eigenvalue weighted by atomic mass is 10.1. The van der Waals surface area contributed by atoms with Crippen molar-refractivity contribution in [3.63, 3.8) is 0 Å². The van der Waals surface area contributed by atoms with Crippen molar-refractivity contribution in [2.75, 3.05) is 31.4 Å². The minimum absolute atomic E-state index is 0.273. The lowest BCUT2D eigenvalue weighted by Gasteiger charge is -2.31. The third-order valence-electron chi connectivity index (χ3n) is 3.91. The third-order valence-corrected chi connectivity index (χ3v) is 5.07. The molecule has 1 aromatic rings. The predicted molar refractivity (Wildman–Crippen MR) is 105 cm³/mol. The van der Waals surface area contributed by atoms with Crippen LogP contribution >= 0.6 is 11.8 Å². The van der Waals surface area contributed by atoms with Crippen LogP contribution in [0.4, 0.5) is 5.69 Å². The number of nitrogens with zero attached hydrogens (tertiary/aromatic N) is 1. The number of benzene rings is 1. The van der Waals surface area contributed by atoms with Crippen LogP contribution in [0.2, 0.25) is 0 Å². The molecular weight excluding hydrogens is 384 g/mol. The molecule has 9 heteroatoms. The number of carboxylic acids is 1. The number of amides is 2. The summed E-state index contributed by atoms with van der Waals surface area (Å²) in [5.74, 6) is 0.953. The van der Waals surface area contributed by atoms with E-state index in [0.29, 0.717) is 10.7 Å². The molecule has 2 rings (SSSR count). The standard InChI is InChI=1S/C19H20N2O6S/c1-4-16(22)21(13-8-7-12(26-2)10-14(13)27-3)18(15-6-5-9-28-15)19(25)20-11-17(23)24/h1,6-8,10,18H,5,9,11H2,2-3H3,(H,20,25)(H,23,24). The number of ether oxygens (including phenoxy) is 2. The van der Waals surface area contributed by atoms with Crippen LogP contribution in [-0.4, -0.2) is 55.4 Å². The highest BCUT2D eigenvalue weighted by Gasteiger charge is 2.36. The molecule has 0 saturated heterocycles. The Morgan fingerprint density at radius 3 is 2.64 bits per heavy atom. The topological polar surface area (TPSA) is 105 Å². The molecule has 1 aromatic carbocycles. The van der Waals surface area contributed by atoms with E-state index < -0.39 is 30.4 Å². The number of hydrogen-bond acceptors (Lipinski definition) is 6. The van der Waals surface area contributed by atoms with Crippen LogP contribution in [0.25, 0.3) is 0 Å². The summed E-state index contributed by atoms with van der Waals surface area (Å²) in [5, 5.41) is 11.2. The SMILES string of the molecule is C#CC(=O)N(c1ccc(OC)cc1OC)C(C(=O)NCC(=O)O)C1=CCCS1. The van der Waals surface area contributed by atoms with Gasteiger partial charge in [-0.1, -0.05) is 6.08 Å². The number of nitrogens with one attached hydrogen (secondary N) is 1. The Balaban J connectivity index is 2.56. The second kappa shape index (κ2) is 9.71. The van der Waals surface area contributed by atoms with Crippen molar-refractivity contribution in [1.82, 2.24) is 5.32 Å². The molecule has 1 aliphatic heterocycles. The second-order valence-corrected chi connectivity index (χ2v) is 6.78. The summed E-state index contributed by atoms with van der Waals surface area (Å²) in [7, 11) is 2.90. The molecule has 0 radical (unpaired) electrons. The number of rotatable bonds is 8. The molecule has 2 N–H and O–H groups in total. The smallest absolute Gasteiger partial charge is 0.322 e. The van der Waals surface area contributed by atoms with E-state index >= 15 is 0 Å². The van der Waals surface area contributed by atoms with Crippen molar-refractivity contribution in [3.05, 3.63) is 29.2 Å². The Hall–Kier alpha value is -3.12. The highest BCUT2D eigenvalue weighted by molar-refractivity contribution is 8.03. The first-order valence-corrected chi connectivity index (χ1v) is 9.25. The molecule has 1 atom stereocenters. The molecular formula is C19H20N2O6S. The first kappa shape index (κ1) is 21.2. The average molecular weight is 404 g/mol. The summed E-state index contributed by atoms with van der Waals surface area (Å²) in [5.41, 5.74) is 0.273. The van der Waals surface area contributed by atoms with Gasteiger partial charge in [-0.3, -0.25) is 19.3 Å². The fourth-order valence-corrected chi connectivity index (χ4v) is 3.76. The zero-order valence-electron chi connectivity index (χ0n) is 15.4. The Morgan fingerprint density at radius 2 is 2.11 bits per heavy atom. The van der Waals surface area contributed by atoms with E-state index in [0.717, 1.165) is 17.1 Å². The van der Waals surface area contributed by atoms with Crippen LogP contribution in [0.3, 0.4) is 0 Å². The summed E-state index contributed by atoms with van der Waals surface area (Å²) in [6.07, 6.45) is 7.92. The normalized spacial score (nSPS) is 13.7. The van der Waals surface area contributed by atoms with E-state index in [1.54, 1.807) is 18.2 Å². The lowest BCUT2D eigenvalue weighted by molar-refractivity contribution is -0.138. The molecule has 0 saturated carbocycles. The number of terminal acetylenes is 1. The number of allylic oxidation sites excluding steroid dienone is 1. The van der Waals surface area contributed by atoms with Gasteiger partial charge in [0.25, 0.3) is 0 Å². The predicted octanol–water partition coefficient (Wildman–Crippen LogP) is 1.26. The summed E-state index contributed by atoms with van der Waals surface area (Å²) in [4.78, 5) is 38.1. The number of anilines is 1. The molecule has 0 bridgehead atoms. The zero-order chi connectivity index (χ0) is 20.7. The van der Waals surface area contributed by atoms with Crippen molar-refractivity contribution in [3.8, 4) is 23.8 Å². The average Bonchev–Trinajstić information content (AvgIpc) is 3.23. The highest BCUT2D eigenvalue weighted by atomic mass is 32.2. The summed E-state index contributed by atoms with van der Waals surface area (Å²) < 4.78 is 10.5. The summed E-state index contributed by atoms with van der Waals surface area (Å²) in [6, 6.07) is 3.62. The van der Waals surface area contributed by atoms with Crippen LogP contribution in [-0.2, 0) is 14.4 Å². The molecule has 148 valence electrons. The molecule has 0 fully saturated rings. The van der Waals surface area contributed by atoms with Crippen molar-refractivity contribution >= 4 is 35.2 Å². The number of carboxylic acid groups (broad SMARTS) is 1. The van der Waals surface area contributed by atoms with Gasteiger partial charge in [0.1, 0.15) is 24.1 Å². The van der Waals surface area contributed by atoms with Crippen molar-refractivity contribution < 1.29 is 29.0 Å². The van der Waals surface area contributed by atoms with E-state index in [1.807, 2.05) is 12.0 Å². The Kier molecular flexibility index (Phi) is 7.35. The maximum Gasteiger partial charge on any atom is 0.322 e. The van der Waals surface area contributed by atoms with E-state index in [-0.39, 0.29) is 11.4 Å². The Labute approximate surface area is 166 Å². The van der Waals surface area contributed by atoms with Gasteiger partial charge in [-0.2, -0.15) is 0 Å². The first-order valence-electron chi connectivity index (χ1n) is 8.27. The largest absolute Gasteiger partial charge is 0.497 e. The number of hydrogen-bond donors (Lipinski definition) is 2. The molecule has 0 aliphatic carbocycles. The molecule has 1 aliphatic rings. The molecule has 1 heterocycles. The quantitative estimate of drug-likeness (QED) is 0.629. The Bertz CT molecular complexity index is 845. The van der Waals surface area contributed by atoms with Gasteiger partial charge in [0.15, 0.2) is 0 Å². The van der Waals surface area contributed by atoms with Gasteiger partial charge < -0.3 is 19.9 Å². The summed E-state index contributed by atoms with van der Waals surface area (Å²) in [6.45, 7) is -0.578. The first-order chi connectivity index (χ1) is 13.4. The molecule has 0 aromatic heterocycles. The molecule has 28 heavy (non-hydrogen) atoms. The van der Waals surface area contributed by atoms with E-state index in [1.165, 1.54) is 26.0 Å². The molecule has 0 spiro atoms. The number of carbonyl (C=O) groups excluding carboxylic acids is 2. The number of carbonyl (C=O) groups is 3. The van der Waals surface area contributed by atoms with Gasteiger partial charge in [-0.25, -0.2) is 0 Å². The maximum absolute atomic E-state index is 12.8. The van der Waals surface area contributed by atoms with Gasteiger partial charge in [0, 0.05) is 16.7 Å². The van der Waals surface area contributed by atoms with E-state index in [2.05, 4.69) is 5.32 Å². The van der Waals surface area contributed by atoms with Crippen LogP contribution < -0.4 is 19.7 Å². The van der Waals surface area contributed by atoms with Crippen molar-refractivity contribution in [1.29, 1.82) is 0 Å². The zero-order valence-corrected chi connectivity index (χ0v) is 16.2. The summed E-state index contributed by atoms with van der Waals surface area (Å²) >= 11 is 1.41. The minimum Gasteiger partial charge on any atom is -0.497 e. The minimum atomic E-state index is -1.20. The van der Waals surface area contributed by atoms with Gasteiger partial charge in [0.05, 0.1) is 19.9 Å². The number of thioether (sulfide) groups is 1. The van der Waals surface area contributed by atoms with Gasteiger partial charge in [-0.15, -0.1) is 18.2 Å². The molecule has 1 unspecified atom stereocenters. The highest BCUT2D eigenvalue weighted by Crippen LogP contribution is 2.38. The molecule has 8 nitrogen and oxygen atoms in total. The van der Waals surface area contributed by atoms with E-state index in [9.17, 15) is 14.4 Å². The van der Waals surface area contributed by atoms with Gasteiger partial charge >= 0.3 is 11.9 Å². The molecule has 2 amide bonds. The fourth-order valence-electron chi connectivity index (χ4n) is 2.68. The second-order valence-electron chi connectivity index (χ2n) is 5.61. The van der Waals surface area contributed by atoms with Crippen LogP contribution in [0, 0.1) is 12.3 Å². The number of methoxy groups -OCH3 is 2. The van der Waals surface area contributed by atoms with Crippen LogP contribution in [0.15, 0.2) is 29.2 Å². The van der Waals surface area contributed by atoms with Crippen LogP contribution in [0.5, 0.6) is 11.5 Å². The fraction of sp³-hybridized carbons (Fsp3) is 0.316. The van der Waals surface area contributed by atoms with Gasteiger partial charge in [0.2, 0.25) is 5.91 Å². The van der Waals surface area contributed by atoms with Gasteiger partial charge in [-0.05, 0) is 24.5 Å². The monoisotopic (exact) mass is 404 g/mol. The van der Waals surface area contributed by atoms with Crippen molar-refractivity contribution in [2.45, 2.75) is 12.5 Å². The van der Waals surface area contributed by atoms with E-state index in [4.69, 9.17) is 21.0 Å². The Morgan fingerprint density at radius 1 is 1.36 bits per heavy atom. The lowest BCUT2D eigenvalue weighted by Crippen LogP contribution is -2.51. The van der Waals surface area contributed by atoms with Crippen LogP contribution in [0.1, 0.15) is 6.42 Å². The maximum atomic E-state index is 12.8. The van der Waals surface area contributed by atoms with Crippen molar-refractivity contribution in [2.24, 2.45) is 0 Å². The number of aliphatic carboxylic acids is 1. The third kappa shape index (κ3) is 4.78.